The van der Waals surface area contributed by atoms with Crippen LogP contribution in [0.4, 0.5) is 5.82 Å². The summed E-state index contributed by atoms with van der Waals surface area (Å²) in [5.41, 5.74) is 3.06. The molecule has 1 heterocycles. The molecule has 0 atom stereocenters. The van der Waals surface area contributed by atoms with Crippen LogP contribution in [0, 0.1) is 0 Å². The minimum Gasteiger partial charge on any atom is -0.369 e. The van der Waals surface area contributed by atoms with Crippen molar-refractivity contribution in [1.82, 2.24) is 4.98 Å². The normalized spacial score (nSPS) is 10.6. The van der Waals surface area contributed by atoms with Gasteiger partial charge in [-0.05, 0) is 24.5 Å². The van der Waals surface area contributed by atoms with Crippen molar-refractivity contribution in [2.45, 2.75) is 26.7 Å². The van der Waals surface area contributed by atoms with Crippen LogP contribution in [0.2, 0.25) is 10.0 Å². The van der Waals surface area contributed by atoms with Gasteiger partial charge < -0.3 is 5.32 Å². The van der Waals surface area contributed by atoms with Crippen LogP contribution in [0.1, 0.15) is 25.8 Å². The third-order valence-electron chi connectivity index (χ3n) is 3.11. The highest BCUT2D eigenvalue weighted by Gasteiger charge is 2.10. The number of rotatable bonds is 5. The Morgan fingerprint density at radius 2 is 1.75 bits per heavy atom. The number of pyridine rings is 1. The lowest BCUT2D eigenvalue weighted by molar-refractivity contribution is 0.970. The zero-order valence-corrected chi connectivity index (χ0v) is 13.2. The van der Waals surface area contributed by atoms with Gasteiger partial charge in [0.25, 0.3) is 0 Å². The molecule has 0 fully saturated rings. The Bertz CT molecular complexity index is 580. The monoisotopic (exact) mass is 308 g/mol. The fourth-order valence-electron chi connectivity index (χ4n) is 1.93. The number of halogens is 2. The quantitative estimate of drug-likeness (QED) is 0.795. The van der Waals surface area contributed by atoms with Crippen molar-refractivity contribution < 1.29 is 0 Å². The maximum atomic E-state index is 6.27. The van der Waals surface area contributed by atoms with Crippen LogP contribution < -0.4 is 5.32 Å². The van der Waals surface area contributed by atoms with E-state index in [4.69, 9.17) is 23.2 Å². The van der Waals surface area contributed by atoms with Crippen LogP contribution >= 0.6 is 23.2 Å². The van der Waals surface area contributed by atoms with E-state index in [0.717, 1.165) is 30.6 Å². The van der Waals surface area contributed by atoms with E-state index in [0.29, 0.717) is 15.9 Å². The molecule has 0 saturated carbocycles. The van der Waals surface area contributed by atoms with E-state index in [-0.39, 0.29) is 0 Å². The first-order valence-corrected chi connectivity index (χ1v) is 7.60. The fourth-order valence-corrected chi connectivity index (χ4v) is 2.47. The molecule has 2 rings (SSSR count). The predicted molar refractivity (Wildman–Crippen MR) is 87.9 cm³/mol. The molecule has 0 aliphatic heterocycles. The number of aromatic nitrogens is 1. The highest BCUT2D eigenvalue weighted by molar-refractivity contribution is 6.37. The third kappa shape index (κ3) is 3.44. The molecule has 0 amide bonds. The van der Waals surface area contributed by atoms with E-state index in [1.165, 1.54) is 5.56 Å². The number of nitrogens with one attached hydrogen (secondary N) is 1. The average Bonchev–Trinajstić information content (AvgIpc) is 2.47. The summed E-state index contributed by atoms with van der Waals surface area (Å²) in [6.07, 6.45) is 2.03. The molecule has 2 nitrogen and oxygen atoms in total. The standard InChI is InChI=1S/C16H18Cl2N2/c1-3-9-19-16-14(18)10-13(17)15(20-16)12-7-5-11(4-2)6-8-12/h5-8,10H,3-4,9H2,1-2H3,(H,19,20). The summed E-state index contributed by atoms with van der Waals surface area (Å²) in [7, 11) is 0. The predicted octanol–water partition coefficient (Wildman–Crippen LogP) is 5.44. The largest absolute Gasteiger partial charge is 0.369 e. The Morgan fingerprint density at radius 3 is 2.35 bits per heavy atom. The van der Waals surface area contributed by atoms with Crippen molar-refractivity contribution in [3.63, 3.8) is 0 Å². The summed E-state index contributed by atoms with van der Waals surface area (Å²) in [6, 6.07) is 10.0. The molecule has 0 aliphatic rings. The molecule has 0 spiro atoms. The molecule has 0 aliphatic carbocycles. The molecule has 0 saturated heterocycles. The Kier molecular flexibility index (Phi) is 5.27. The van der Waals surface area contributed by atoms with Gasteiger partial charge in [-0.2, -0.15) is 0 Å². The van der Waals surface area contributed by atoms with Gasteiger partial charge >= 0.3 is 0 Å². The Morgan fingerprint density at radius 1 is 1.05 bits per heavy atom. The van der Waals surface area contributed by atoms with Crippen LogP contribution in [0.3, 0.4) is 0 Å². The number of benzene rings is 1. The van der Waals surface area contributed by atoms with Crippen LogP contribution in [-0.4, -0.2) is 11.5 Å². The molecule has 0 radical (unpaired) electrons. The molecule has 2 aromatic rings. The molecule has 20 heavy (non-hydrogen) atoms. The number of hydrogen-bond acceptors (Lipinski definition) is 2. The van der Waals surface area contributed by atoms with E-state index >= 15 is 0 Å². The summed E-state index contributed by atoms with van der Waals surface area (Å²) >= 11 is 12.4. The first kappa shape index (κ1) is 15.1. The second-order valence-corrected chi connectivity index (χ2v) is 5.44. The fraction of sp³-hybridized carbons (Fsp3) is 0.312. The number of aryl methyl sites for hydroxylation is 1. The van der Waals surface area contributed by atoms with Crippen molar-refractivity contribution in [2.24, 2.45) is 0 Å². The van der Waals surface area contributed by atoms with E-state index in [2.05, 4.69) is 36.3 Å². The summed E-state index contributed by atoms with van der Waals surface area (Å²) < 4.78 is 0. The second-order valence-electron chi connectivity index (χ2n) is 4.63. The van der Waals surface area contributed by atoms with E-state index in [1.807, 2.05) is 12.1 Å². The summed E-state index contributed by atoms with van der Waals surface area (Å²) in [5.74, 6) is 0.687. The van der Waals surface area contributed by atoms with Gasteiger partial charge in [0.15, 0.2) is 0 Å². The van der Waals surface area contributed by atoms with Crippen molar-refractivity contribution in [3.05, 3.63) is 45.9 Å². The zero-order chi connectivity index (χ0) is 14.5. The lowest BCUT2D eigenvalue weighted by Gasteiger charge is -2.11. The van der Waals surface area contributed by atoms with Gasteiger partial charge in [0.2, 0.25) is 0 Å². The number of nitrogens with zero attached hydrogens (tertiary/aromatic N) is 1. The number of anilines is 1. The first-order valence-electron chi connectivity index (χ1n) is 6.85. The highest BCUT2D eigenvalue weighted by atomic mass is 35.5. The van der Waals surface area contributed by atoms with E-state index < -0.39 is 0 Å². The smallest absolute Gasteiger partial charge is 0.145 e. The number of hydrogen-bond donors (Lipinski definition) is 1. The van der Waals surface area contributed by atoms with Crippen LogP contribution in [0.25, 0.3) is 11.3 Å². The SMILES string of the molecule is CCCNc1nc(-c2ccc(CC)cc2)c(Cl)cc1Cl. The Hall–Kier alpha value is -1.25. The van der Waals surface area contributed by atoms with Crippen molar-refractivity contribution in [2.75, 3.05) is 11.9 Å². The molecular formula is C16H18Cl2N2. The van der Waals surface area contributed by atoms with Crippen LogP contribution in [0.15, 0.2) is 30.3 Å². The maximum Gasteiger partial charge on any atom is 0.145 e. The second kappa shape index (κ2) is 6.96. The lowest BCUT2D eigenvalue weighted by atomic mass is 10.1. The summed E-state index contributed by atoms with van der Waals surface area (Å²) in [4.78, 5) is 4.56. The van der Waals surface area contributed by atoms with Crippen molar-refractivity contribution in [3.8, 4) is 11.3 Å². The van der Waals surface area contributed by atoms with Gasteiger partial charge in [0.05, 0.1) is 15.7 Å². The van der Waals surface area contributed by atoms with Crippen molar-refractivity contribution in [1.29, 1.82) is 0 Å². The van der Waals surface area contributed by atoms with Gasteiger partial charge in [0.1, 0.15) is 5.82 Å². The Balaban J connectivity index is 2.38. The van der Waals surface area contributed by atoms with Gasteiger partial charge in [-0.25, -0.2) is 4.98 Å². The molecule has 0 unspecified atom stereocenters. The molecule has 1 N–H and O–H groups in total. The van der Waals surface area contributed by atoms with Crippen LogP contribution in [0.5, 0.6) is 0 Å². The zero-order valence-electron chi connectivity index (χ0n) is 11.7. The van der Waals surface area contributed by atoms with E-state index in [1.54, 1.807) is 6.07 Å². The van der Waals surface area contributed by atoms with Crippen LogP contribution in [-0.2, 0) is 6.42 Å². The summed E-state index contributed by atoms with van der Waals surface area (Å²) in [6.45, 7) is 5.07. The van der Waals surface area contributed by atoms with Gasteiger partial charge in [-0.15, -0.1) is 0 Å². The average molecular weight is 309 g/mol. The van der Waals surface area contributed by atoms with Crippen molar-refractivity contribution >= 4 is 29.0 Å². The molecule has 1 aromatic heterocycles. The van der Waals surface area contributed by atoms with Gasteiger partial charge in [-0.1, -0.05) is 61.3 Å². The Labute approximate surface area is 130 Å². The first-order chi connectivity index (χ1) is 9.65. The van der Waals surface area contributed by atoms with Gasteiger partial charge in [0, 0.05) is 12.1 Å². The molecule has 106 valence electrons. The molecule has 0 bridgehead atoms. The lowest BCUT2D eigenvalue weighted by Crippen LogP contribution is -2.03. The molecular weight excluding hydrogens is 291 g/mol. The van der Waals surface area contributed by atoms with Gasteiger partial charge in [-0.3, -0.25) is 0 Å². The van der Waals surface area contributed by atoms with E-state index in [9.17, 15) is 0 Å². The molecule has 4 heteroatoms. The maximum absolute atomic E-state index is 6.27. The molecule has 1 aromatic carbocycles. The summed E-state index contributed by atoms with van der Waals surface area (Å²) in [5, 5.41) is 4.34. The third-order valence-corrected chi connectivity index (χ3v) is 3.68. The minimum absolute atomic E-state index is 0.553. The highest BCUT2D eigenvalue weighted by Crippen LogP contribution is 2.32. The topological polar surface area (TPSA) is 24.9 Å². The minimum atomic E-state index is 0.553.